The molecular formula is C32H38ClN5O2. The smallest absolute Gasteiger partial charge is 0.256 e. The van der Waals surface area contributed by atoms with Gasteiger partial charge in [-0.2, -0.15) is 0 Å². The minimum atomic E-state index is -0.333. The Labute approximate surface area is 242 Å². The van der Waals surface area contributed by atoms with Crippen LogP contribution in [0.2, 0.25) is 5.02 Å². The van der Waals surface area contributed by atoms with Gasteiger partial charge in [-0.15, -0.1) is 0 Å². The van der Waals surface area contributed by atoms with Crippen molar-refractivity contribution in [3.63, 3.8) is 0 Å². The van der Waals surface area contributed by atoms with Gasteiger partial charge in [0.25, 0.3) is 5.91 Å². The van der Waals surface area contributed by atoms with Gasteiger partial charge in [0.05, 0.1) is 34.9 Å². The summed E-state index contributed by atoms with van der Waals surface area (Å²) in [5, 5.41) is 7.45. The van der Waals surface area contributed by atoms with Gasteiger partial charge in [-0.25, -0.2) is 9.83 Å². The molecule has 2 aromatic rings. The number of piperidine rings is 1. The van der Waals surface area contributed by atoms with E-state index in [0.29, 0.717) is 40.3 Å². The van der Waals surface area contributed by atoms with Crippen molar-refractivity contribution in [2.75, 3.05) is 13.1 Å². The Morgan fingerprint density at radius 3 is 2.52 bits per heavy atom. The molecule has 0 bridgehead atoms. The molecule has 2 fully saturated rings. The Morgan fingerprint density at radius 1 is 1.18 bits per heavy atom. The third kappa shape index (κ3) is 5.19. The third-order valence-corrected chi connectivity index (χ3v) is 8.86. The van der Waals surface area contributed by atoms with Crippen molar-refractivity contribution in [2.24, 2.45) is 10.8 Å². The number of benzene rings is 1. The zero-order valence-corrected chi connectivity index (χ0v) is 24.9. The van der Waals surface area contributed by atoms with Crippen molar-refractivity contribution in [2.45, 2.75) is 84.7 Å². The lowest BCUT2D eigenvalue weighted by molar-refractivity contribution is -0.199. The first-order valence-corrected chi connectivity index (χ1v) is 14.4. The van der Waals surface area contributed by atoms with E-state index in [1.165, 1.54) is 0 Å². The second-order valence-electron chi connectivity index (χ2n) is 12.9. The normalized spacial score (nSPS) is 23.4. The fourth-order valence-electron chi connectivity index (χ4n) is 7.22. The minimum Gasteiger partial charge on any atom is -0.489 e. The summed E-state index contributed by atoms with van der Waals surface area (Å²) in [6.07, 6.45) is 2.05. The molecule has 1 aromatic carbocycles. The van der Waals surface area contributed by atoms with Crippen LogP contribution in [0.1, 0.15) is 76.1 Å². The van der Waals surface area contributed by atoms with Crippen molar-refractivity contribution in [3.8, 4) is 17.6 Å². The Hall–Kier alpha value is -3.10. The van der Waals surface area contributed by atoms with E-state index in [2.05, 4.69) is 68.9 Å². The molecule has 1 saturated heterocycles. The third-order valence-electron chi connectivity index (χ3n) is 8.56. The van der Waals surface area contributed by atoms with Gasteiger partial charge in [-0.05, 0) is 70.0 Å². The Morgan fingerprint density at radius 2 is 1.88 bits per heavy atom. The number of aromatic nitrogens is 1. The highest BCUT2D eigenvalue weighted by molar-refractivity contribution is 6.33. The van der Waals surface area contributed by atoms with Crippen LogP contribution in [0.4, 0.5) is 5.69 Å². The molecule has 1 aliphatic carbocycles. The number of nitrogens with one attached hydrogen (secondary N) is 2. The van der Waals surface area contributed by atoms with Crippen LogP contribution in [-0.4, -0.2) is 52.6 Å². The molecule has 1 aromatic heterocycles. The number of carbonyl (C=O) groups is 1. The van der Waals surface area contributed by atoms with Crippen molar-refractivity contribution in [1.29, 1.82) is 0 Å². The Balaban J connectivity index is 1.30. The van der Waals surface area contributed by atoms with E-state index in [1.54, 1.807) is 18.2 Å². The fraction of sp³-hybridized carbons (Fsp3) is 0.531. The Kier molecular flexibility index (Phi) is 7.38. The molecular weight excluding hydrogens is 522 g/mol. The van der Waals surface area contributed by atoms with Gasteiger partial charge in [-0.3, -0.25) is 10.1 Å². The molecule has 0 radical (unpaired) electrons. The molecule has 0 unspecified atom stereocenters. The predicted molar refractivity (Wildman–Crippen MR) is 158 cm³/mol. The van der Waals surface area contributed by atoms with Gasteiger partial charge in [0.15, 0.2) is 0 Å². The van der Waals surface area contributed by atoms with Gasteiger partial charge in [0.1, 0.15) is 17.5 Å². The van der Waals surface area contributed by atoms with E-state index in [-0.39, 0.29) is 34.4 Å². The quantitative estimate of drug-likeness (QED) is 0.369. The SMILES string of the molecule is [C-]#[N+]c1ccc(OC2C(C)(C)C(N3Cc4nc(C#CC(C)(C)NC5CCNCC5)ccc4C3=O)C2(C)C)cc1Cl. The van der Waals surface area contributed by atoms with Crippen LogP contribution in [0.3, 0.4) is 0 Å². The van der Waals surface area contributed by atoms with E-state index < -0.39 is 0 Å². The lowest BCUT2D eigenvalue weighted by Crippen LogP contribution is -2.74. The average Bonchev–Trinajstić information content (AvgIpc) is 3.20. The number of nitrogens with zero attached hydrogens (tertiary/aromatic N) is 3. The molecule has 7 nitrogen and oxygen atoms in total. The average molecular weight is 560 g/mol. The van der Waals surface area contributed by atoms with E-state index in [9.17, 15) is 4.79 Å². The molecule has 2 aliphatic heterocycles. The monoisotopic (exact) mass is 559 g/mol. The first-order chi connectivity index (χ1) is 18.8. The Bertz CT molecular complexity index is 1410. The van der Waals surface area contributed by atoms with Gasteiger partial charge in [0.2, 0.25) is 5.69 Å². The molecule has 2 N–H and O–H groups in total. The summed E-state index contributed by atoms with van der Waals surface area (Å²) in [6.45, 7) is 22.5. The molecule has 0 atom stereocenters. The maximum Gasteiger partial charge on any atom is 0.256 e. The lowest BCUT2D eigenvalue weighted by atomic mass is 9.49. The van der Waals surface area contributed by atoms with Gasteiger partial charge < -0.3 is 15.0 Å². The van der Waals surface area contributed by atoms with Crippen LogP contribution >= 0.6 is 11.6 Å². The molecule has 5 rings (SSSR count). The topological polar surface area (TPSA) is 70.8 Å². The van der Waals surface area contributed by atoms with Crippen molar-refractivity contribution in [1.82, 2.24) is 20.5 Å². The van der Waals surface area contributed by atoms with Crippen LogP contribution in [0.15, 0.2) is 30.3 Å². The number of amides is 1. The lowest BCUT2D eigenvalue weighted by Gasteiger charge is -2.65. The number of rotatable bonds is 5. The summed E-state index contributed by atoms with van der Waals surface area (Å²) in [6, 6.07) is 9.29. The standard InChI is InChI=1S/C32H38ClN5O2/c1-30(2,37-21-13-16-35-17-14-21)15-12-20-8-10-23-26(36-20)19-38(27(23)39)28-31(3,4)29(32(28,5)6)40-22-9-11-25(34-7)24(33)18-22/h8-11,18,21,28-29,35,37H,13-14,16-17,19H2,1-6H3. The summed E-state index contributed by atoms with van der Waals surface area (Å²) in [4.78, 5) is 23.8. The number of ether oxygens (including phenoxy) is 1. The highest BCUT2D eigenvalue weighted by Gasteiger charge is 2.67. The van der Waals surface area contributed by atoms with Crippen LogP contribution in [0.5, 0.6) is 5.75 Å². The van der Waals surface area contributed by atoms with Crippen LogP contribution in [-0.2, 0) is 6.54 Å². The highest BCUT2D eigenvalue weighted by atomic mass is 35.5. The summed E-state index contributed by atoms with van der Waals surface area (Å²) in [7, 11) is 0. The number of hydrogen-bond donors (Lipinski definition) is 2. The van der Waals surface area contributed by atoms with Gasteiger partial charge >= 0.3 is 0 Å². The molecule has 1 amide bonds. The number of fused-ring (bicyclic) bond motifs is 1. The van der Waals surface area contributed by atoms with Gasteiger partial charge in [-0.1, -0.05) is 51.3 Å². The largest absolute Gasteiger partial charge is 0.489 e. The van der Waals surface area contributed by atoms with Crippen LogP contribution < -0.4 is 15.4 Å². The molecule has 0 spiro atoms. The summed E-state index contributed by atoms with van der Waals surface area (Å²) in [5.41, 5.74) is 1.53. The molecule has 3 heterocycles. The maximum absolute atomic E-state index is 13.6. The zero-order valence-electron chi connectivity index (χ0n) is 24.2. The molecule has 210 valence electrons. The maximum atomic E-state index is 13.6. The number of carbonyl (C=O) groups excluding carboxylic acids is 1. The van der Waals surface area contributed by atoms with E-state index in [4.69, 9.17) is 27.9 Å². The fourth-order valence-corrected chi connectivity index (χ4v) is 7.43. The number of hydrogen-bond acceptors (Lipinski definition) is 5. The molecule has 40 heavy (non-hydrogen) atoms. The minimum absolute atomic E-state index is 0.00367. The van der Waals surface area contributed by atoms with Crippen LogP contribution in [0.25, 0.3) is 4.85 Å². The molecule has 3 aliphatic rings. The van der Waals surface area contributed by atoms with E-state index >= 15 is 0 Å². The molecule has 8 heteroatoms. The summed E-state index contributed by atoms with van der Waals surface area (Å²) < 4.78 is 6.43. The summed E-state index contributed by atoms with van der Waals surface area (Å²) >= 11 is 6.25. The number of halogens is 1. The van der Waals surface area contributed by atoms with E-state index in [1.807, 2.05) is 17.0 Å². The highest BCUT2D eigenvalue weighted by Crippen LogP contribution is 2.59. The van der Waals surface area contributed by atoms with Crippen molar-refractivity contribution < 1.29 is 9.53 Å². The van der Waals surface area contributed by atoms with Crippen molar-refractivity contribution >= 4 is 23.2 Å². The van der Waals surface area contributed by atoms with Crippen LogP contribution in [0, 0.1) is 29.2 Å². The second-order valence-corrected chi connectivity index (χ2v) is 13.3. The summed E-state index contributed by atoms with van der Waals surface area (Å²) in [5.74, 6) is 7.24. The first kappa shape index (κ1) is 28.4. The van der Waals surface area contributed by atoms with E-state index in [0.717, 1.165) is 31.6 Å². The zero-order chi connectivity index (χ0) is 28.9. The predicted octanol–water partition coefficient (Wildman–Crippen LogP) is 5.60. The molecule has 1 saturated carbocycles. The van der Waals surface area contributed by atoms with Gasteiger partial charge in [0, 0.05) is 22.9 Å². The van der Waals surface area contributed by atoms with Crippen molar-refractivity contribution in [3.05, 3.63) is 63.7 Å². The first-order valence-electron chi connectivity index (χ1n) is 14.0. The number of pyridine rings is 1. The second kappa shape index (κ2) is 10.4.